The molecule has 0 saturated carbocycles. The van der Waals surface area contributed by atoms with E-state index in [9.17, 15) is 0 Å². The van der Waals surface area contributed by atoms with Gasteiger partial charge in [-0.2, -0.15) is 0 Å². The first kappa shape index (κ1) is 41.0. The molecular weight excluding hydrogens is 807 g/mol. The summed E-state index contributed by atoms with van der Waals surface area (Å²) in [4.78, 5) is 2.62. The van der Waals surface area contributed by atoms with Crippen LogP contribution in [0.2, 0.25) is 0 Å². The molecule has 324 valence electrons. The van der Waals surface area contributed by atoms with Crippen molar-refractivity contribution in [2.75, 3.05) is 4.90 Å². The van der Waals surface area contributed by atoms with E-state index in [0.29, 0.717) is 0 Å². The van der Waals surface area contributed by atoms with E-state index in [-0.39, 0.29) is 16.2 Å². The third-order valence-electron chi connectivity index (χ3n) is 15.2. The van der Waals surface area contributed by atoms with Crippen molar-refractivity contribution in [3.63, 3.8) is 0 Å². The molecule has 0 atom stereocenters. The summed E-state index contributed by atoms with van der Waals surface area (Å²) in [6, 6.07) is 77.8. The molecule has 0 amide bonds. The molecule has 2 aliphatic rings. The van der Waals surface area contributed by atoms with Gasteiger partial charge in [0.15, 0.2) is 0 Å². The minimum absolute atomic E-state index is 0.106. The van der Waals surface area contributed by atoms with Crippen LogP contribution >= 0.6 is 0 Å². The van der Waals surface area contributed by atoms with Crippen LogP contribution in [0.15, 0.2) is 206 Å². The largest absolute Gasteiger partial charge is 0.309 e. The summed E-state index contributed by atoms with van der Waals surface area (Å²) in [6.07, 6.45) is 0. The third-order valence-corrected chi connectivity index (χ3v) is 15.2. The first-order valence-corrected chi connectivity index (χ1v) is 23.9. The van der Waals surface area contributed by atoms with Gasteiger partial charge in [-0.3, -0.25) is 0 Å². The third kappa shape index (κ3) is 6.21. The Kier molecular flexibility index (Phi) is 9.19. The van der Waals surface area contributed by atoms with Crippen LogP contribution in [-0.4, -0.2) is 0 Å². The summed E-state index contributed by atoms with van der Waals surface area (Å²) < 4.78 is 0. The average Bonchev–Trinajstić information content (AvgIpc) is 3.73. The fourth-order valence-corrected chi connectivity index (χ4v) is 11.9. The highest BCUT2D eigenvalue weighted by Gasteiger charge is 2.39. The normalized spacial score (nSPS) is 14.1. The molecular formula is C66H55N. The molecule has 0 N–H and O–H groups in total. The second-order valence-corrected chi connectivity index (χ2v) is 20.8. The van der Waals surface area contributed by atoms with Crippen LogP contribution in [0.25, 0.3) is 77.2 Å². The summed E-state index contributed by atoms with van der Waals surface area (Å²) in [5.74, 6) is 0. The van der Waals surface area contributed by atoms with Crippen LogP contribution in [0, 0.1) is 0 Å². The van der Waals surface area contributed by atoms with Crippen molar-refractivity contribution in [1.82, 2.24) is 0 Å². The number of fused-ring (bicyclic) bond motifs is 8. The maximum Gasteiger partial charge on any atom is 0.0618 e. The highest BCUT2D eigenvalue weighted by molar-refractivity contribution is 6.14. The van der Waals surface area contributed by atoms with E-state index in [1.165, 1.54) is 111 Å². The van der Waals surface area contributed by atoms with Crippen LogP contribution in [0.3, 0.4) is 0 Å². The maximum atomic E-state index is 2.62. The zero-order valence-corrected chi connectivity index (χ0v) is 39.6. The van der Waals surface area contributed by atoms with E-state index >= 15 is 0 Å². The molecule has 2 aliphatic carbocycles. The summed E-state index contributed by atoms with van der Waals surface area (Å²) in [7, 11) is 0. The lowest BCUT2D eigenvalue weighted by atomic mass is 9.80. The van der Waals surface area contributed by atoms with Crippen molar-refractivity contribution in [3.8, 4) is 55.6 Å². The number of hydrogen-bond donors (Lipinski definition) is 0. The van der Waals surface area contributed by atoms with E-state index in [0.717, 1.165) is 11.4 Å². The summed E-state index contributed by atoms with van der Waals surface area (Å²) in [6.45, 7) is 16.5. The summed E-state index contributed by atoms with van der Waals surface area (Å²) >= 11 is 0. The first-order valence-electron chi connectivity index (χ1n) is 23.9. The van der Waals surface area contributed by atoms with Crippen LogP contribution in [0.4, 0.5) is 17.1 Å². The molecule has 67 heavy (non-hydrogen) atoms. The molecule has 0 fully saturated rings. The fraction of sp³-hybridized carbons (Fsp3) is 0.152. The Bertz CT molecular complexity index is 3620. The monoisotopic (exact) mass is 861 g/mol. The van der Waals surface area contributed by atoms with Gasteiger partial charge < -0.3 is 4.90 Å². The molecule has 10 aromatic carbocycles. The van der Waals surface area contributed by atoms with E-state index in [4.69, 9.17) is 0 Å². The van der Waals surface area contributed by atoms with Gasteiger partial charge in [-0.05, 0) is 118 Å². The standard InChI is InChI=1S/C66H55N/c1-64(2,3)59-41-53(42-22-9-8-10-23-42)63(51-30-16-14-27-47(51)59)67(44-37-38-57-54(40-44)48-28-17-19-33-55(48)65(57,4)5)60-39-36-43-24-11-12-25-45(43)62(60)50-29-15-13-26-46(50)49-32-21-35-58-61(49)52-31-18-20-34-56(52)66(58,6)7/h8-41H,1-7H3. The van der Waals surface area contributed by atoms with E-state index in [1.807, 2.05) is 0 Å². The molecule has 0 spiro atoms. The number of anilines is 3. The van der Waals surface area contributed by atoms with Gasteiger partial charge in [-0.15, -0.1) is 0 Å². The van der Waals surface area contributed by atoms with E-state index < -0.39 is 0 Å². The van der Waals surface area contributed by atoms with Gasteiger partial charge in [0.1, 0.15) is 0 Å². The Morgan fingerprint density at radius 1 is 0.358 bits per heavy atom. The minimum atomic E-state index is -0.123. The molecule has 0 heterocycles. The number of benzene rings is 10. The van der Waals surface area contributed by atoms with Gasteiger partial charge in [0.2, 0.25) is 0 Å². The Morgan fingerprint density at radius 2 is 0.910 bits per heavy atom. The van der Waals surface area contributed by atoms with E-state index in [2.05, 4.69) is 260 Å². The second-order valence-electron chi connectivity index (χ2n) is 20.8. The van der Waals surface area contributed by atoms with E-state index in [1.54, 1.807) is 0 Å². The molecule has 0 bridgehead atoms. The second kappa shape index (κ2) is 15.0. The van der Waals surface area contributed by atoms with Crippen molar-refractivity contribution in [2.45, 2.75) is 64.7 Å². The first-order chi connectivity index (χ1) is 32.4. The fourth-order valence-electron chi connectivity index (χ4n) is 11.9. The number of rotatable bonds is 6. The van der Waals surface area contributed by atoms with Crippen molar-refractivity contribution in [2.24, 2.45) is 0 Å². The van der Waals surface area contributed by atoms with Gasteiger partial charge in [0.05, 0.1) is 11.4 Å². The predicted molar refractivity (Wildman–Crippen MR) is 286 cm³/mol. The molecule has 1 heteroatoms. The van der Waals surface area contributed by atoms with Crippen LogP contribution in [0.1, 0.15) is 76.3 Å². The Hall–Kier alpha value is -7.48. The molecule has 1 nitrogen and oxygen atoms in total. The Labute approximate surface area is 396 Å². The van der Waals surface area contributed by atoms with Crippen molar-refractivity contribution in [1.29, 1.82) is 0 Å². The van der Waals surface area contributed by atoms with Crippen molar-refractivity contribution in [3.05, 3.63) is 234 Å². The molecule has 0 saturated heterocycles. The molecule has 12 rings (SSSR count). The van der Waals surface area contributed by atoms with Gasteiger partial charge in [-0.25, -0.2) is 0 Å². The highest BCUT2D eigenvalue weighted by Crippen LogP contribution is 2.57. The zero-order chi connectivity index (χ0) is 45.8. The lowest BCUT2D eigenvalue weighted by molar-refractivity contribution is 0.596. The summed E-state index contributed by atoms with van der Waals surface area (Å²) in [5.41, 5.74) is 22.5. The minimum Gasteiger partial charge on any atom is -0.309 e. The Morgan fingerprint density at radius 3 is 1.66 bits per heavy atom. The Balaban J connectivity index is 1.23. The molecule has 0 radical (unpaired) electrons. The molecule has 10 aromatic rings. The van der Waals surface area contributed by atoms with Crippen LogP contribution in [0.5, 0.6) is 0 Å². The lowest BCUT2D eigenvalue weighted by Crippen LogP contribution is -2.17. The van der Waals surface area contributed by atoms with Gasteiger partial charge in [0.25, 0.3) is 0 Å². The number of hydrogen-bond acceptors (Lipinski definition) is 1. The van der Waals surface area contributed by atoms with Crippen LogP contribution in [-0.2, 0) is 16.2 Å². The van der Waals surface area contributed by atoms with Gasteiger partial charge in [0, 0.05) is 33.0 Å². The maximum absolute atomic E-state index is 2.62. The molecule has 0 aliphatic heterocycles. The van der Waals surface area contributed by atoms with Gasteiger partial charge >= 0.3 is 0 Å². The SMILES string of the molecule is CC(C)(C)c1cc(-c2ccccc2)c(N(c2ccc3c(c2)-c2ccccc2C3(C)C)c2ccc3ccccc3c2-c2ccccc2-c2cccc3c2-c2ccccc2C3(C)C)c2ccccc12. The van der Waals surface area contributed by atoms with Crippen molar-refractivity contribution < 1.29 is 0 Å². The molecule has 0 unspecified atom stereocenters. The highest BCUT2D eigenvalue weighted by atomic mass is 15.1. The van der Waals surface area contributed by atoms with Crippen molar-refractivity contribution >= 4 is 38.6 Å². The average molecular weight is 862 g/mol. The summed E-state index contributed by atoms with van der Waals surface area (Å²) in [5, 5.41) is 4.92. The predicted octanol–water partition coefficient (Wildman–Crippen LogP) is 18.4. The molecule has 0 aromatic heterocycles. The smallest absolute Gasteiger partial charge is 0.0618 e. The topological polar surface area (TPSA) is 3.24 Å². The number of nitrogens with zero attached hydrogens (tertiary/aromatic N) is 1. The quantitative estimate of drug-likeness (QED) is 0.161. The zero-order valence-electron chi connectivity index (χ0n) is 39.6. The lowest BCUT2D eigenvalue weighted by Gasteiger charge is -2.34. The van der Waals surface area contributed by atoms with Crippen LogP contribution < -0.4 is 4.90 Å². The van der Waals surface area contributed by atoms with Gasteiger partial charge in [-0.1, -0.05) is 230 Å².